The first-order chi connectivity index (χ1) is 11.6. The van der Waals surface area contributed by atoms with Gasteiger partial charge in [0.05, 0.1) is 10.6 Å². The van der Waals surface area contributed by atoms with Crippen LogP contribution >= 0.6 is 27.3 Å². The Morgan fingerprint density at radius 2 is 1.58 bits per heavy atom. The van der Waals surface area contributed by atoms with Gasteiger partial charge in [-0.15, -0.1) is 11.3 Å². The summed E-state index contributed by atoms with van der Waals surface area (Å²) in [5, 5.41) is 7.49. The van der Waals surface area contributed by atoms with E-state index in [0.29, 0.717) is 21.8 Å². The summed E-state index contributed by atoms with van der Waals surface area (Å²) in [4.78, 5) is 24.9. The minimum Gasteiger partial charge on any atom is -0.321 e. The van der Waals surface area contributed by atoms with Gasteiger partial charge in [-0.3, -0.25) is 9.59 Å². The number of halogens is 1. The number of amides is 2. The third kappa shape index (κ3) is 3.90. The van der Waals surface area contributed by atoms with E-state index in [9.17, 15) is 9.59 Å². The molecule has 0 saturated heterocycles. The van der Waals surface area contributed by atoms with E-state index in [-0.39, 0.29) is 11.8 Å². The zero-order chi connectivity index (χ0) is 16.9. The summed E-state index contributed by atoms with van der Waals surface area (Å²) in [5.41, 5.74) is 1.86. The smallest absolute Gasteiger partial charge is 0.265 e. The fourth-order valence-electron chi connectivity index (χ4n) is 2.06. The van der Waals surface area contributed by atoms with Gasteiger partial charge in [-0.05, 0) is 63.8 Å². The molecule has 1 heterocycles. The highest BCUT2D eigenvalue weighted by atomic mass is 79.9. The van der Waals surface area contributed by atoms with Crippen LogP contribution in [0.1, 0.15) is 20.0 Å². The van der Waals surface area contributed by atoms with Gasteiger partial charge in [-0.1, -0.05) is 18.2 Å². The van der Waals surface area contributed by atoms with Crippen LogP contribution in [0, 0.1) is 0 Å². The van der Waals surface area contributed by atoms with Crippen molar-refractivity contribution in [2.24, 2.45) is 0 Å². The second-order valence-corrected chi connectivity index (χ2v) is 6.74. The van der Waals surface area contributed by atoms with Crippen molar-refractivity contribution in [3.63, 3.8) is 0 Å². The number of anilines is 2. The Bertz CT molecular complexity index is 861. The lowest BCUT2D eigenvalue weighted by Gasteiger charge is -2.08. The van der Waals surface area contributed by atoms with Crippen molar-refractivity contribution in [2.45, 2.75) is 0 Å². The molecule has 0 aliphatic heterocycles. The van der Waals surface area contributed by atoms with Crippen LogP contribution in [0.4, 0.5) is 11.4 Å². The second kappa shape index (κ2) is 7.42. The van der Waals surface area contributed by atoms with Gasteiger partial charge in [0.15, 0.2) is 0 Å². The van der Waals surface area contributed by atoms with E-state index in [1.54, 1.807) is 30.3 Å². The summed E-state index contributed by atoms with van der Waals surface area (Å²) in [6, 6.07) is 17.8. The molecule has 0 unspecified atom stereocenters. The Balaban J connectivity index is 1.67. The summed E-state index contributed by atoms with van der Waals surface area (Å²) in [6.45, 7) is 0. The van der Waals surface area contributed by atoms with E-state index in [1.165, 1.54) is 11.3 Å². The number of rotatable bonds is 4. The molecular formula is C18H13BrN2O2S. The minimum absolute atomic E-state index is 0.157. The Morgan fingerprint density at radius 1 is 0.833 bits per heavy atom. The van der Waals surface area contributed by atoms with Gasteiger partial charge in [-0.2, -0.15) is 0 Å². The van der Waals surface area contributed by atoms with E-state index < -0.39 is 0 Å². The number of para-hydroxylation sites is 1. The number of hydrogen-bond donors (Lipinski definition) is 2. The van der Waals surface area contributed by atoms with Crippen LogP contribution in [-0.4, -0.2) is 11.8 Å². The largest absolute Gasteiger partial charge is 0.321 e. The van der Waals surface area contributed by atoms with E-state index in [4.69, 9.17) is 0 Å². The van der Waals surface area contributed by atoms with Crippen molar-refractivity contribution in [3.05, 3.63) is 81.0 Å². The summed E-state index contributed by atoms with van der Waals surface area (Å²) in [5.74, 6) is -0.367. The molecule has 1 aromatic heterocycles. The highest BCUT2D eigenvalue weighted by Gasteiger charge is 2.10. The normalized spacial score (nSPS) is 10.2. The SMILES string of the molecule is O=C(Nc1ccccc1Br)c1ccc(NC(=O)c2cccs2)cc1. The van der Waals surface area contributed by atoms with Gasteiger partial charge in [0.2, 0.25) is 0 Å². The van der Waals surface area contributed by atoms with Gasteiger partial charge in [0, 0.05) is 15.7 Å². The van der Waals surface area contributed by atoms with Crippen LogP contribution in [0.25, 0.3) is 0 Å². The lowest BCUT2D eigenvalue weighted by Crippen LogP contribution is -2.13. The van der Waals surface area contributed by atoms with Gasteiger partial charge >= 0.3 is 0 Å². The molecule has 0 fully saturated rings. The molecule has 4 nitrogen and oxygen atoms in total. The lowest BCUT2D eigenvalue weighted by atomic mass is 10.2. The van der Waals surface area contributed by atoms with Crippen LogP contribution in [0.3, 0.4) is 0 Å². The Morgan fingerprint density at radius 3 is 2.25 bits per heavy atom. The topological polar surface area (TPSA) is 58.2 Å². The zero-order valence-corrected chi connectivity index (χ0v) is 14.9. The molecule has 3 aromatic rings. The first-order valence-corrected chi connectivity index (χ1v) is 8.81. The fourth-order valence-corrected chi connectivity index (χ4v) is 3.07. The average Bonchev–Trinajstić information content (AvgIpc) is 3.12. The Hall–Kier alpha value is -2.44. The number of carbonyl (C=O) groups is 2. The molecular weight excluding hydrogens is 388 g/mol. The van der Waals surface area contributed by atoms with Crippen molar-refractivity contribution >= 4 is 50.5 Å². The predicted molar refractivity (Wildman–Crippen MR) is 101 cm³/mol. The predicted octanol–water partition coefficient (Wildman–Crippen LogP) is 5.02. The highest BCUT2D eigenvalue weighted by molar-refractivity contribution is 9.10. The molecule has 3 rings (SSSR count). The molecule has 24 heavy (non-hydrogen) atoms. The van der Waals surface area contributed by atoms with Crippen molar-refractivity contribution in [1.82, 2.24) is 0 Å². The quantitative estimate of drug-likeness (QED) is 0.645. The molecule has 2 aromatic carbocycles. The number of hydrogen-bond acceptors (Lipinski definition) is 3. The second-order valence-electron chi connectivity index (χ2n) is 4.94. The summed E-state index contributed by atoms with van der Waals surface area (Å²) in [7, 11) is 0. The molecule has 0 spiro atoms. The molecule has 2 N–H and O–H groups in total. The summed E-state index contributed by atoms with van der Waals surface area (Å²) >= 11 is 4.77. The monoisotopic (exact) mass is 400 g/mol. The van der Waals surface area contributed by atoms with Crippen molar-refractivity contribution in [2.75, 3.05) is 10.6 Å². The maximum absolute atomic E-state index is 12.3. The van der Waals surface area contributed by atoms with Crippen molar-refractivity contribution in [3.8, 4) is 0 Å². The van der Waals surface area contributed by atoms with E-state index in [2.05, 4.69) is 26.6 Å². The first-order valence-electron chi connectivity index (χ1n) is 7.14. The standard InChI is InChI=1S/C18H13BrN2O2S/c19-14-4-1-2-5-15(14)21-17(22)12-7-9-13(10-8-12)20-18(23)16-6-3-11-24-16/h1-11H,(H,20,23)(H,21,22). The van der Waals surface area contributed by atoms with Gasteiger partial charge < -0.3 is 10.6 Å². The molecule has 0 atom stereocenters. The van der Waals surface area contributed by atoms with Crippen LogP contribution in [0.15, 0.2) is 70.5 Å². The molecule has 2 amide bonds. The van der Waals surface area contributed by atoms with E-state index in [1.807, 2.05) is 35.7 Å². The fraction of sp³-hybridized carbons (Fsp3) is 0. The Labute approximate surface area is 151 Å². The number of nitrogens with one attached hydrogen (secondary N) is 2. The van der Waals surface area contributed by atoms with Crippen LogP contribution < -0.4 is 10.6 Å². The molecule has 6 heteroatoms. The third-order valence-corrected chi connectivity index (χ3v) is 4.83. The molecule has 0 bridgehead atoms. The number of benzene rings is 2. The molecule has 0 aliphatic rings. The molecule has 0 radical (unpaired) electrons. The maximum atomic E-state index is 12.3. The first kappa shape index (κ1) is 16.4. The van der Waals surface area contributed by atoms with Crippen LogP contribution in [0.5, 0.6) is 0 Å². The van der Waals surface area contributed by atoms with Gasteiger partial charge in [-0.25, -0.2) is 0 Å². The van der Waals surface area contributed by atoms with Crippen LogP contribution in [-0.2, 0) is 0 Å². The number of thiophene rings is 1. The zero-order valence-electron chi connectivity index (χ0n) is 12.5. The average molecular weight is 401 g/mol. The van der Waals surface area contributed by atoms with Gasteiger partial charge in [0.1, 0.15) is 0 Å². The lowest BCUT2D eigenvalue weighted by molar-refractivity contribution is 0.102. The summed E-state index contributed by atoms with van der Waals surface area (Å²) in [6.07, 6.45) is 0. The van der Waals surface area contributed by atoms with Crippen molar-refractivity contribution in [1.29, 1.82) is 0 Å². The third-order valence-electron chi connectivity index (χ3n) is 3.27. The molecule has 120 valence electrons. The van der Waals surface area contributed by atoms with E-state index in [0.717, 1.165) is 4.47 Å². The number of carbonyl (C=O) groups excluding carboxylic acids is 2. The highest BCUT2D eigenvalue weighted by Crippen LogP contribution is 2.22. The minimum atomic E-state index is -0.210. The molecule has 0 saturated carbocycles. The van der Waals surface area contributed by atoms with E-state index >= 15 is 0 Å². The van der Waals surface area contributed by atoms with Gasteiger partial charge in [0.25, 0.3) is 11.8 Å². The summed E-state index contributed by atoms with van der Waals surface area (Å²) < 4.78 is 0.818. The molecule has 0 aliphatic carbocycles. The Kier molecular flexibility index (Phi) is 5.08. The maximum Gasteiger partial charge on any atom is 0.265 e. The van der Waals surface area contributed by atoms with Crippen LogP contribution in [0.2, 0.25) is 0 Å². The van der Waals surface area contributed by atoms with Crippen molar-refractivity contribution < 1.29 is 9.59 Å².